The van der Waals surface area contributed by atoms with E-state index >= 15 is 0 Å². The van der Waals surface area contributed by atoms with Crippen molar-refractivity contribution < 1.29 is 14.3 Å². The van der Waals surface area contributed by atoms with Gasteiger partial charge in [0.2, 0.25) is 12.7 Å². The summed E-state index contributed by atoms with van der Waals surface area (Å²) in [5.41, 5.74) is 2.66. The van der Waals surface area contributed by atoms with Crippen LogP contribution in [0.4, 0.5) is 5.69 Å². The SMILES string of the molecule is O=C(CSCc1nc2ccccc2[nH]1)Nc1ccc2c(c1)OCO2. The van der Waals surface area contributed by atoms with Gasteiger partial charge >= 0.3 is 0 Å². The topological polar surface area (TPSA) is 76.2 Å². The summed E-state index contributed by atoms with van der Waals surface area (Å²) in [4.78, 5) is 19.8. The van der Waals surface area contributed by atoms with Gasteiger partial charge in [-0.1, -0.05) is 12.1 Å². The molecule has 2 aromatic carbocycles. The van der Waals surface area contributed by atoms with E-state index in [1.807, 2.05) is 24.3 Å². The molecule has 0 saturated heterocycles. The highest BCUT2D eigenvalue weighted by Crippen LogP contribution is 2.34. The summed E-state index contributed by atoms with van der Waals surface area (Å²) in [5, 5.41) is 2.86. The number of rotatable bonds is 5. The fraction of sp³-hybridized carbons (Fsp3) is 0.176. The van der Waals surface area contributed by atoms with E-state index in [4.69, 9.17) is 9.47 Å². The molecule has 1 aliphatic heterocycles. The second-order valence-corrected chi connectivity index (χ2v) is 6.30. The summed E-state index contributed by atoms with van der Waals surface area (Å²) in [6, 6.07) is 13.2. The predicted octanol–water partition coefficient (Wildman–Crippen LogP) is 3.16. The number of anilines is 1. The minimum Gasteiger partial charge on any atom is -0.454 e. The smallest absolute Gasteiger partial charge is 0.234 e. The molecule has 0 saturated carbocycles. The number of imidazole rings is 1. The average Bonchev–Trinajstić information content (AvgIpc) is 3.20. The maximum absolute atomic E-state index is 12.0. The second-order valence-electron chi connectivity index (χ2n) is 5.31. The molecule has 2 heterocycles. The number of hydrogen-bond donors (Lipinski definition) is 2. The second kappa shape index (κ2) is 6.45. The molecule has 1 amide bonds. The van der Waals surface area contributed by atoms with Crippen LogP contribution in [0.25, 0.3) is 11.0 Å². The van der Waals surface area contributed by atoms with Crippen LogP contribution in [-0.4, -0.2) is 28.4 Å². The maximum atomic E-state index is 12.0. The maximum Gasteiger partial charge on any atom is 0.234 e. The van der Waals surface area contributed by atoms with Crippen molar-refractivity contribution in [1.82, 2.24) is 9.97 Å². The lowest BCUT2D eigenvalue weighted by Gasteiger charge is -2.05. The van der Waals surface area contributed by atoms with Gasteiger partial charge in [-0.15, -0.1) is 11.8 Å². The predicted molar refractivity (Wildman–Crippen MR) is 93.5 cm³/mol. The number of nitrogens with zero attached hydrogens (tertiary/aromatic N) is 1. The van der Waals surface area contributed by atoms with Gasteiger partial charge in [-0.2, -0.15) is 0 Å². The summed E-state index contributed by atoms with van der Waals surface area (Å²) >= 11 is 1.51. The van der Waals surface area contributed by atoms with Crippen LogP contribution in [0.1, 0.15) is 5.82 Å². The number of nitrogens with one attached hydrogen (secondary N) is 2. The van der Waals surface area contributed by atoms with E-state index in [0.29, 0.717) is 28.7 Å². The molecule has 24 heavy (non-hydrogen) atoms. The fourth-order valence-electron chi connectivity index (χ4n) is 2.49. The summed E-state index contributed by atoms with van der Waals surface area (Å²) in [6.45, 7) is 0.222. The van der Waals surface area contributed by atoms with Gasteiger partial charge in [0, 0.05) is 11.8 Å². The first-order valence-corrected chi connectivity index (χ1v) is 8.64. The molecular formula is C17H15N3O3S. The minimum absolute atomic E-state index is 0.0602. The zero-order chi connectivity index (χ0) is 16.4. The Kier molecular flexibility index (Phi) is 4.00. The molecule has 0 fully saturated rings. The monoisotopic (exact) mass is 341 g/mol. The number of fused-ring (bicyclic) bond motifs is 2. The number of aromatic amines is 1. The van der Waals surface area contributed by atoms with Crippen molar-refractivity contribution in [3.8, 4) is 11.5 Å². The zero-order valence-electron chi connectivity index (χ0n) is 12.7. The molecule has 1 aromatic heterocycles. The van der Waals surface area contributed by atoms with Crippen molar-refractivity contribution in [2.24, 2.45) is 0 Å². The molecule has 0 atom stereocenters. The number of aromatic nitrogens is 2. The fourth-order valence-corrected chi connectivity index (χ4v) is 3.18. The Hall–Kier alpha value is -2.67. The van der Waals surface area contributed by atoms with Gasteiger partial charge < -0.3 is 19.8 Å². The van der Waals surface area contributed by atoms with E-state index in [1.54, 1.807) is 18.2 Å². The van der Waals surface area contributed by atoms with Crippen molar-refractivity contribution in [3.05, 3.63) is 48.3 Å². The van der Waals surface area contributed by atoms with E-state index < -0.39 is 0 Å². The molecule has 0 bridgehead atoms. The quantitative estimate of drug-likeness (QED) is 0.745. The lowest BCUT2D eigenvalue weighted by atomic mass is 10.3. The average molecular weight is 341 g/mol. The number of carbonyl (C=O) groups excluding carboxylic acids is 1. The number of thioether (sulfide) groups is 1. The van der Waals surface area contributed by atoms with Crippen molar-refractivity contribution in [2.75, 3.05) is 17.9 Å². The molecule has 0 unspecified atom stereocenters. The van der Waals surface area contributed by atoms with Gasteiger partial charge in [-0.3, -0.25) is 4.79 Å². The first-order valence-electron chi connectivity index (χ1n) is 7.49. The number of amides is 1. The number of para-hydroxylation sites is 2. The molecule has 2 N–H and O–H groups in total. The Balaban J connectivity index is 1.30. The number of benzene rings is 2. The minimum atomic E-state index is -0.0602. The van der Waals surface area contributed by atoms with Gasteiger partial charge in [0.25, 0.3) is 0 Å². The summed E-state index contributed by atoms with van der Waals surface area (Å²) in [5.74, 6) is 3.18. The first-order chi connectivity index (χ1) is 11.8. The number of carbonyl (C=O) groups is 1. The standard InChI is InChI=1S/C17H15N3O3S/c21-17(18-11-5-6-14-15(7-11)23-10-22-14)9-24-8-16-19-12-3-1-2-4-13(12)20-16/h1-7H,8-10H2,(H,18,21)(H,19,20). The summed E-state index contributed by atoms with van der Waals surface area (Å²) in [7, 11) is 0. The Morgan fingerprint density at radius 3 is 3.00 bits per heavy atom. The molecule has 1 aliphatic rings. The van der Waals surface area contributed by atoms with Crippen molar-refractivity contribution in [1.29, 1.82) is 0 Å². The highest BCUT2D eigenvalue weighted by molar-refractivity contribution is 7.99. The van der Waals surface area contributed by atoms with Crippen LogP contribution in [0, 0.1) is 0 Å². The van der Waals surface area contributed by atoms with Crippen molar-refractivity contribution in [2.45, 2.75) is 5.75 Å². The normalized spacial score (nSPS) is 12.5. The van der Waals surface area contributed by atoms with Crippen molar-refractivity contribution >= 4 is 34.4 Å². The van der Waals surface area contributed by atoms with E-state index in [1.165, 1.54) is 11.8 Å². The van der Waals surface area contributed by atoms with Gasteiger partial charge in [-0.05, 0) is 24.3 Å². The zero-order valence-corrected chi connectivity index (χ0v) is 13.6. The lowest BCUT2D eigenvalue weighted by Crippen LogP contribution is -2.14. The highest BCUT2D eigenvalue weighted by atomic mass is 32.2. The molecular weight excluding hydrogens is 326 g/mol. The first kappa shape index (κ1) is 14.9. The van der Waals surface area contributed by atoms with E-state index in [-0.39, 0.29) is 12.7 Å². The van der Waals surface area contributed by atoms with Crippen LogP contribution in [0.2, 0.25) is 0 Å². The number of H-pyrrole nitrogens is 1. The van der Waals surface area contributed by atoms with Crippen LogP contribution in [0.15, 0.2) is 42.5 Å². The summed E-state index contributed by atoms with van der Waals surface area (Å²) < 4.78 is 10.5. The third-order valence-electron chi connectivity index (χ3n) is 3.57. The molecule has 4 rings (SSSR count). The van der Waals surface area contributed by atoms with Crippen LogP contribution in [-0.2, 0) is 10.5 Å². The molecule has 122 valence electrons. The van der Waals surface area contributed by atoms with Crippen molar-refractivity contribution in [3.63, 3.8) is 0 Å². The Morgan fingerprint density at radius 1 is 1.21 bits per heavy atom. The van der Waals surface area contributed by atoms with E-state index in [0.717, 1.165) is 16.9 Å². The molecule has 6 nitrogen and oxygen atoms in total. The van der Waals surface area contributed by atoms with Gasteiger partial charge in [0.15, 0.2) is 11.5 Å². The van der Waals surface area contributed by atoms with Gasteiger partial charge in [0.1, 0.15) is 5.82 Å². The van der Waals surface area contributed by atoms with Crippen LogP contribution in [0.5, 0.6) is 11.5 Å². The summed E-state index contributed by atoms with van der Waals surface area (Å²) in [6.07, 6.45) is 0. The van der Waals surface area contributed by atoms with Crippen LogP contribution < -0.4 is 14.8 Å². The third kappa shape index (κ3) is 3.16. The molecule has 7 heteroatoms. The van der Waals surface area contributed by atoms with E-state index in [2.05, 4.69) is 15.3 Å². The Morgan fingerprint density at radius 2 is 2.08 bits per heavy atom. The number of ether oxygens (including phenoxy) is 2. The molecule has 3 aromatic rings. The highest BCUT2D eigenvalue weighted by Gasteiger charge is 2.14. The largest absolute Gasteiger partial charge is 0.454 e. The molecule has 0 aliphatic carbocycles. The Labute approximate surface area is 142 Å². The van der Waals surface area contributed by atoms with Gasteiger partial charge in [0.05, 0.1) is 22.5 Å². The van der Waals surface area contributed by atoms with E-state index in [9.17, 15) is 4.79 Å². The molecule has 0 spiro atoms. The Bertz CT molecular complexity index is 861. The third-order valence-corrected chi connectivity index (χ3v) is 4.51. The van der Waals surface area contributed by atoms with Gasteiger partial charge in [-0.25, -0.2) is 4.98 Å². The number of hydrogen-bond acceptors (Lipinski definition) is 5. The van der Waals surface area contributed by atoms with Crippen LogP contribution >= 0.6 is 11.8 Å². The lowest BCUT2D eigenvalue weighted by molar-refractivity contribution is -0.113. The molecule has 0 radical (unpaired) electrons. The van der Waals surface area contributed by atoms with Crippen LogP contribution in [0.3, 0.4) is 0 Å².